The molecule has 1 amide bonds. The van der Waals surface area contributed by atoms with Crippen molar-refractivity contribution in [3.05, 3.63) is 73.3 Å². The van der Waals surface area contributed by atoms with Crippen LogP contribution in [0.3, 0.4) is 0 Å². The number of rotatable bonds is 8. The first-order valence-corrected chi connectivity index (χ1v) is 8.53. The van der Waals surface area contributed by atoms with Gasteiger partial charge in [-0.3, -0.25) is 4.79 Å². The number of para-hydroxylation sites is 1. The van der Waals surface area contributed by atoms with Crippen molar-refractivity contribution in [2.75, 3.05) is 26.1 Å². The van der Waals surface area contributed by atoms with Crippen LogP contribution in [0.15, 0.2) is 67.8 Å². The number of hydrogen-bond donors (Lipinski definition) is 1. The van der Waals surface area contributed by atoms with Gasteiger partial charge >= 0.3 is 0 Å². The number of aromatic nitrogens is 2. The summed E-state index contributed by atoms with van der Waals surface area (Å²) in [7, 11) is 3.09. The highest BCUT2D eigenvalue weighted by atomic mass is 16.5. The molecule has 3 rings (SSSR count). The molecule has 1 aromatic heterocycles. The molecule has 0 spiro atoms. The second-order valence-electron chi connectivity index (χ2n) is 5.82. The third-order valence-electron chi connectivity index (χ3n) is 4.06. The second kappa shape index (κ2) is 8.77. The molecule has 0 atom stereocenters. The van der Waals surface area contributed by atoms with Crippen molar-refractivity contribution in [2.24, 2.45) is 0 Å². The van der Waals surface area contributed by atoms with Gasteiger partial charge in [-0.15, -0.1) is 0 Å². The minimum absolute atomic E-state index is 0.163. The standard InChI is InChI=1S/C21H21N3O4/c1-15(24-11-10-22-14-24)17-6-4-5-7-19(17)28-13-21(25)23-18-9-8-16(26-2)12-20(18)27-3/h4-12,14H,1,13H2,2-3H3,(H,23,25). The van der Waals surface area contributed by atoms with Crippen LogP contribution in [-0.2, 0) is 4.79 Å². The molecule has 1 heterocycles. The van der Waals surface area contributed by atoms with Crippen molar-refractivity contribution in [3.63, 3.8) is 0 Å². The lowest BCUT2D eigenvalue weighted by atomic mass is 10.1. The first-order chi connectivity index (χ1) is 13.6. The van der Waals surface area contributed by atoms with E-state index in [1.54, 1.807) is 54.7 Å². The molecule has 0 saturated heterocycles. The molecule has 144 valence electrons. The molecule has 1 N–H and O–H groups in total. The molecular formula is C21H21N3O4. The molecule has 0 aliphatic rings. The number of amides is 1. The largest absolute Gasteiger partial charge is 0.497 e. The van der Waals surface area contributed by atoms with E-state index in [9.17, 15) is 4.79 Å². The van der Waals surface area contributed by atoms with Gasteiger partial charge < -0.3 is 24.1 Å². The number of methoxy groups -OCH3 is 2. The van der Waals surface area contributed by atoms with Crippen LogP contribution in [0.2, 0.25) is 0 Å². The Kier molecular flexibility index (Phi) is 5.96. The maximum Gasteiger partial charge on any atom is 0.262 e. The van der Waals surface area contributed by atoms with Crippen LogP contribution in [0.4, 0.5) is 5.69 Å². The monoisotopic (exact) mass is 379 g/mol. The van der Waals surface area contributed by atoms with Crippen molar-refractivity contribution in [3.8, 4) is 17.2 Å². The maximum atomic E-state index is 12.4. The lowest BCUT2D eigenvalue weighted by Gasteiger charge is -2.15. The third-order valence-corrected chi connectivity index (χ3v) is 4.06. The zero-order chi connectivity index (χ0) is 19.9. The highest BCUT2D eigenvalue weighted by Gasteiger charge is 2.12. The number of carbonyl (C=O) groups excluding carboxylic acids is 1. The Morgan fingerprint density at radius 1 is 1.14 bits per heavy atom. The fourth-order valence-corrected chi connectivity index (χ4v) is 2.62. The van der Waals surface area contributed by atoms with Crippen molar-refractivity contribution in [1.82, 2.24) is 9.55 Å². The summed E-state index contributed by atoms with van der Waals surface area (Å²) >= 11 is 0. The van der Waals surface area contributed by atoms with Crippen LogP contribution in [0.25, 0.3) is 5.70 Å². The Balaban J connectivity index is 1.68. The van der Waals surface area contributed by atoms with E-state index < -0.39 is 0 Å². The lowest BCUT2D eigenvalue weighted by molar-refractivity contribution is -0.118. The minimum atomic E-state index is -0.313. The summed E-state index contributed by atoms with van der Waals surface area (Å²) in [5, 5.41) is 2.78. The Morgan fingerprint density at radius 2 is 1.96 bits per heavy atom. The maximum absolute atomic E-state index is 12.4. The number of hydrogen-bond acceptors (Lipinski definition) is 5. The summed E-state index contributed by atoms with van der Waals surface area (Å²) < 4.78 is 18.0. The fourth-order valence-electron chi connectivity index (χ4n) is 2.62. The first-order valence-electron chi connectivity index (χ1n) is 8.53. The molecule has 7 nitrogen and oxygen atoms in total. The molecule has 0 unspecified atom stereocenters. The van der Waals surface area contributed by atoms with Crippen LogP contribution in [0, 0.1) is 0 Å². The molecule has 0 saturated carbocycles. The number of imidazole rings is 1. The topological polar surface area (TPSA) is 74.6 Å². The van der Waals surface area contributed by atoms with E-state index in [-0.39, 0.29) is 12.5 Å². The quantitative estimate of drug-likeness (QED) is 0.649. The summed E-state index contributed by atoms with van der Waals surface area (Å²) in [5.41, 5.74) is 2.01. The van der Waals surface area contributed by atoms with Crippen molar-refractivity contribution in [1.29, 1.82) is 0 Å². The van der Waals surface area contributed by atoms with E-state index in [0.717, 1.165) is 5.56 Å². The van der Waals surface area contributed by atoms with Crippen LogP contribution < -0.4 is 19.5 Å². The Morgan fingerprint density at radius 3 is 2.68 bits per heavy atom. The third kappa shape index (κ3) is 4.32. The normalized spacial score (nSPS) is 10.2. The van der Waals surface area contributed by atoms with E-state index in [1.165, 1.54) is 7.11 Å². The Bertz CT molecular complexity index is 968. The number of ether oxygens (including phenoxy) is 3. The molecule has 0 radical (unpaired) electrons. The van der Waals surface area contributed by atoms with Gasteiger partial charge in [0.2, 0.25) is 0 Å². The average Bonchev–Trinajstić information content (AvgIpc) is 3.27. The zero-order valence-electron chi connectivity index (χ0n) is 15.7. The summed E-state index contributed by atoms with van der Waals surface area (Å²) in [6, 6.07) is 12.5. The predicted molar refractivity (Wildman–Crippen MR) is 107 cm³/mol. The van der Waals surface area contributed by atoms with E-state index in [4.69, 9.17) is 14.2 Å². The highest BCUT2D eigenvalue weighted by Crippen LogP contribution is 2.29. The van der Waals surface area contributed by atoms with Crippen LogP contribution in [0.5, 0.6) is 17.2 Å². The lowest BCUT2D eigenvalue weighted by Crippen LogP contribution is -2.21. The van der Waals surface area contributed by atoms with Crippen LogP contribution >= 0.6 is 0 Å². The summed E-state index contributed by atoms with van der Waals surface area (Å²) in [5.74, 6) is 1.38. The average molecular weight is 379 g/mol. The summed E-state index contributed by atoms with van der Waals surface area (Å²) in [6.07, 6.45) is 5.12. The van der Waals surface area contributed by atoms with E-state index >= 15 is 0 Å². The van der Waals surface area contributed by atoms with Gasteiger partial charge in [-0.05, 0) is 24.3 Å². The number of carbonyl (C=O) groups is 1. The van der Waals surface area contributed by atoms with Gasteiger partial charge in [0.05, 0.1) is 31.9 Å². The van der Waals surface area contributed by atoms with Crippen LogP contribution in [-0.4, -0.2) is 36.3 Å². The van der Waals surface area contributed by atoms with Crippen molar-refractivity contribution >= 4 is 17.3 Å². The fraction of sp³-hybridized carbons (Fsp3) is 0.143. The molecule has 2 aromatic carbocycles. The van der Waals surface area contributed by atoms with Gasteiger partial charge in [-0.2, -0.15) is 0 Å². The first kappa shape index (κ1) is 19.0. The van der Waals surface area contributed by atoms with Gasteiger partial charge in [0.1, 0.15) is 17.2 Å². The summed E-state index contributed by atoms with van der Waals surface area (Å²) in [6.45, 7) is 3.91. The number of nitrogens with one attached hydrogen (secondary N) is 1. The zero-order valence-corrected chi connectivity index (χ0v) is 15.7. The Hall–Kier alpha value is -3.74. The summed E-state index contributed by atoms with van der Waals surface area (Å²) in [4.78, 5) is 16.4. The minimum Gasteiger partial charge on any atom is -0.497 e. The number of anilines is 1. The molecule has 28 heavy (non-hydrogen) atoms. The molecule has 0 aliphatic heterocycles. The van der Waals surface area contributed by atoms with Crippen molar-refractivity contribution in [2.45, 2.75) is 0 Å². The van der Waals surface area contributed by atoms with E-state index in [1.807, 2.05) is 18.2 Å². The van der Waals surface area contributed by atoms with Crippen molar-refractivity contribution < 1.29 is 19.0 Å². The predicted octanol–water partition coefficient (Wildman–Crippen LogP) is 3.44. The van der Waals surface area contributed by atoms with Crippen LogP contribution in [0.1, 0.15) is 5.56 Å². The molecule has 7 heteroatoms. The van der Waals surface area contributed by atoms with E-state index in [2.05, 4.69) is 16.9 Å². The number of benzene rings is 2. The van der Waals surface area contributed by atoms with Gasteiger partial charge in [0, 0.05) is 24.0 Å². The molecule has 0 fully saturated rings. The molecular weight excluding hydrogens is 358 g/mol. The molecule has 0 aliphatic carbocycles. The van der Waals surface area contributed by atoms with Gasteiger partial charge in [-0.25, -0.2) is 4.98 Å². The SMILES string of the molecule is C=C(c1ccccc1OCC(=O)Nc1ccc(OC)cc1OC)n1ccnc1. The van der Waals surface area contributed by atoms with Gasteiger partial charge in [0.25, 0.3) is 5.91 Å². The highest BCUT2D eigenvalue weighted by molar-refractivity contribution is 5.93. The number of nitrogens with zero attached hydrogens (tertiary/aromatic N) is 2. The van der Waals surface area contributed by atoms with Gasteiger partial charge in [0.15, 0.2) is 6.61 Å². The second-order valence-corrected chi connectivity index (χ2v) is 5.82. The molecule has 0 bridgehead atoms. The van der Waals surface area contributed by atoms with E-state index in [0.29, 0.717) is 28.6 Å². The van der Waals surface area contributed by atoms with Gasteiger partial charge in [-0.1, -0.05) is 18.7 Å². The Labute approximate surface area is 163 Å². The molecule has 3 aromatic rings. The smallest absolute Gasteiger partial charge is 0.262 e.